The van der Waals surface area contributed by atoms with Crippen LogP contribution in [0, 0.1) is 13.8 Å². The van der Waals surface area contributed by atoms with Gasteiger partial charge in [0.1, 0.15) is 0 Å². The summed E-state index contributed by atoms with van der Waals surface area (Å²) >= 11 is 1.37. The number of benzene rings is 2. The van der Waals surface area contributed by atoms with Crippen LogP contribution in [0.5, 0.6) is 0 Å². The largest absolute Gasteiger partial charge is 0.337 e. The molecule has 3 aromatic rings. The van der Waals surface area contributed by atoms with E-state index in [0.717, 1.165) is 10.7 Å². The first-order valence-corrected chi connectivity index (χ1v) is 10.6. The Bertz CT molecular complexity index is 1040. The third-order valence-corrected chi connectivity index (χ3v) is 5.84. The SMILES string of the molecule is Cc1ccc(CN(C)C(=O)c2ccc(NC(=O)CSc3nccn3C)cc2)c(C)c1. The average Bonchev–Trinajstić information content (AvgIpc) is 3.13. The lowest BCUT2D eigenvalue weighted by Crippen LogP contribution is -2.26. The molecule has 0 saturated carbocycles. The van der Waals surface area contributed by atoms with Gasteiger partial charge in [0.25, 0.3) is 5.91 Å². The van der Waals surface area contributed by atoms with Gasteiger partial charge >= 0.3 is 0 Å². The molecule has 2 amide bonds. The second-order valence-electron chi connectivity index (χ2n) is 7.33. The zero-order valence-corrected chi connectivity index (χ0v) is 18.5. The van der Waals surface area contributed by atoms with Crippen LogP contribution in [0.2, 0.25) is 0 Å². The summed E-state index contributed by atoms with van der Waals surface area (Å²) in [5.74, 6) is 0.0942. The number of thioether (sulfide) groups is 1. The second-order valence-corrected chi connectivity index (χ2v) is 8.27. The zero-order chi connectivity index (χ0) is 21.7. The zero-order valence-electron chi connectivity index (χ0n) is 17.7. The van der Waals surface area contributed by atoms with Crippen molar-refractivity contribution in [3.63, 3.8) is 0 Å². The molecule has 7 heteroatoms. The van der Waals surface area contributed by atoms with Gasteiger partial charge in [-0.1, -0.05) is 35.5 Å². The van der Waals surface area contributed by atoms with E-state index < -0.39 is 0 Å². The highest BCUT2D eigenvalue weighted by Crippen LogP contribution is 2.17. The van der Waals surface area contributed by atoms with Crippen molar-refractivity contribution in [2.75, 3.05) is 18.1 Å². The Morgan fingerprint density at radius 2 is 1.87 bits per heavy atom. The van der Waals surface area contributed by atoms with Gasteiger partial charge in [-0.2, -0.15) is 0 Å². The molecule has 2 aromatic carbocycles. The van der Waals surface area contributed by atoms with E-state index >= 15 is 0 Å². The summed E-state index contributed by atoms with van der Waals surface area (Å²) in [5, 5.41) is 3.64. The second kappa shape index (κ2) is 9.63. The Kier molecular flexibility index (Phi) is 6.95. The van der Waals surface area contributed by atoms with Crippen LogP contribution in [0.3, 0.4) is 0 Å². The predicted molar refractivity (Wildman–Crippen MR) is 121 cm³/mol. The topological polar surface area (TPSA) is 67.2 Å². The number of hydrogen-bond donors (Lipinski definition) is 1. The Hall–Kier alpha value is -3.06. The van der Waals surface area contributed by atoms with Gasteiger partial charge in [-0.25, -0.2) is 4.98 Å². The summed E-state index contributed by atoms with van der Waals surface area (Å²) in [6, 6.07) is 13.2. The molecular weight excluding hydrogens is 396 g/mol. The molecule has 0 unspecified atom stereocenters. The summed E-state index contributed by atoms with van der Waals surface area (Å²) in [5.41, 5.74) is 4.76. The minimum Gasteiger partial charge on any atom is -0.337 e. The van der Waals surface area contributed by atoms with Gasteiger partial charge in [0.2, 0.25) is 5.91 Å². The number of hydrogen-bond acceptors (Lipinski definition) is 4. The number of nitrogens with zero attached hydrogens (tertiary/aromatic N) is 3. The van der Waals surface area contributed by atoms with Gasteiger partial charge < -0.3 is 14.8 Å². The molecule has 156 valence electrons. The van der Waals surface area contributed by atoms with Gasteiger partial charge in [0.15, 0.2) is 5.16 Å². The van der Waals surface area contributed by atoms with Crippen LogP contribution in [-0.4, -0.2) is 39.1 Å². The average molecular weight is 423 g/mol. The summed E-state index contributed by atoms with van der Waals surface area (Å²) < 4.78 is 1.87. The third kappa shape index (κ3) is 5.51. The first-order valence-electron chi connectivity index (χ1n) is 9.65. The smallest absolute Gasteiger partial charge is 0.253 e. The van der Waals surface area contributed by atoms with Crippen LogP contribution in [0.1, 0.15) is 27.0 Å². The maximum atomic E-state index is 12.8. The number of nitrogens with one attached hydrogen (secondary N) is 1. The lowest BCUT2D eigenvalue weighted by atomic mass is 10.1. The Balaban J connectivity index is 1.55. The Morgan fingerprint density at radius 3 is 2.50 bits per heavy atom. The van der Waals surface area contributed by atoms with E-state index in [2.05, 4.69) is 42.3 Å². The molecule has 1 heterocycles. The molecule has 1 N–H and O–H groups in total. The third-order valence-electron chi connectivity index (χ3n) is 4.78. The fourth-order valence-electron chi connectivity index (χ4n) is 3.09. The quantitative estimate of drug-likeness (QED) is 0.584. The molecular formula is C23H26N4O2S. The fourth-order valence-corrected chi connectivity index (χ4v) is 3.82. The van der Waals surface area contributed by atoms with Crippen LogP contribution >= 0.6 is 11.8 Å². The van der Waals surface area contributed by atoms with Gasteiger partial charge in [-0.05, 0) is 49.2 Å². The number of rotatable bonds is 7. The van der Waals surface area contributed by atoms with Crippen LogP contribution in [0.25, 0.3) is 0 Å². The monoisotopic (exact) mass is 422 g/mol. The minimum atomic E-state index is -0.117. The molecule has 6 nitrogen and oxygen atoms in total. The van der Waals surface area contributed by atoms with Crippen molar-refractivity contribution in [2.24, 2.45) is 7.05 Å². The highest BCUT2D eigenvalue weighted by Gasteiger charge is 2.14. The minimum absolute atomic E-state index is 0.0572. The van der Waals surface area contributed by atoms with E-state index in [9.17, 15) is 9.59 Å². The lowest BCUT2D eigenvalue weighted by Gasteiger charge is -2.19. The van der Waals surface area contributed by atoms with Crippen LogP contribution in [0.15, 0.2) is 60.0 Å². The maximum Gasteiger partial charge on any atom is 0.253 e. The van der Waals surface area contributed by atoms with Crippen molar-refractivity contribution in [2.45, 2.75) is 25.5 Å². The molecule has 0 radical (unpaired) electrons. The van der Waals surface area contributed by atoms with E-state index in [-0.39, 0.29) is 17.6 Å². The summed E-state index contributed by atoms with van der Waals surface area (Å²) in [4.78, 5) is 30.8. The molecule has 0 fully saturated rings. The number of carbonyl (C=O) groups is 2. The van der Waals surface area contributed by atoms with E-state index in [1.54, 1.807) is 42.4 Å². The lowest BCUT2D eigenvalue weighted by molar-refractivity contribution is -0.113. The van der Waals surface area contributed by atoms with Gasteiger partial charge in [0, 0.05) is 44.3 Å². The predicted octanol–water partition coefficient (Wildman–Crippen LogP) is 4.04. The first kappa shape index (κ1) is 21.6. The molecule has 30 heavy (non-hydrogen) atoms. The van der Waals surface area contributed by atoms with Crippen LogP contribution < -0.4 is 5.32 Å². The number of aryl methyl sites for hydroxylation is 3. The van der Waals surface area contributed by atoms with Crippen LogP contribution in [-0.2, 0) is 18.4 Å². The van der Waals surface area contributed by atoms with Crippen molar-refractivity contribution < 1.29 is 9.59 Å². The van der Waals surface area contributed by atoms with Crippen molar-refractivity contribution in [1.82, 2.24) is 14.5 Å². The van der Waals surface area contributed by atoms with Crippen molar-refractivity contribution >= 4 is 29.3 Å². The maximum absolute atomic E-state index is 12.8. The molecule has 0 atom stereocenters. The number of aromatic nitrogens is 2. The summed E-state index contributed by atoms with van der Waals surface area (Å²) in [6.07, 6.45) is 3.54. The standard InChI is InChI=1S/C23H26N4O2S/c1-16-5-6-19(17(2)13-16)14-27(4)22(29)18-7-9-20(10-8-18)25-21(28)15-30-23-24-11-12-26(23)3/h5-13H,14-15H2,1-4H3,(H,25,28). The molecule has 0 aliphatic heterocycles. The van der Waals surface area contributed by atoms with Crippen molar-refractivity contribution in [1.29, 1.82) is 0 Å². The Morgan fingerprint density at radius 1 is 1.13 bits per heavy atom. The first-order chi connectivity index (χ1) is 14.3. The normalized spacial score (nSPS) is 10.7. The van der Waals surface area contributed by atoms with Crippen molar-refractivity contribution in [3.05, 3.63) is 77.1 Å². The van der Waals surface area contributed by atoms with E-state index in [1.807, 2.05) is 17.8 Å². The molecule has 3 rings (SSSR count). The van der Waals surface area contributed by atoms with E-state index in [0.29, 0.717) is 17.8 Å². The molecule has 1 aromatic heterocycles. The number of imidazole rings is 1. The molecule has 0 aliphatic carbocycles. The number of amides is 2. The Labute approximate surface area is 181 Å². The molecule has 0 bridgehead atoms. The van der Waals surface area contributed by atoms with E-state index in [1.165, 1.54) is 22.9 Å². The van der Waals surface area contributed by atoms with Gasteiger partial charge in [-0.3, -0.25) is 9.59 Å². The molecule has 0 aliphatic rings. The molecule has 0 saturated heterocycles. The van der Waals surface area contributed by atoms with Crippen molar-refractivity contribution in [3.8, 4) is 0 Å². The molecule has 0 spiro atoms. The number of anilines is 1. The number of carbonyl (C=O) groups excluding carboxylic acids is 2. The van der Waals surface area contributed by atoms with E-state index in [4.69, 9.17) is 0 Å². The highest BCUT2D eigenvalue weighted by atomic mass is 32.2. The fraction of sp³-hybridized carbons (Fsp3) is 0.261. The highest BCUT2D eigenvalue weighted by molar-refractivity contribution is 7.99. The van der Waals surface area contributed by atoms with Gasteiger partial charge in [0.05, 0.1) is 5.75 Å². The summed E-state index contributed by atoms with van der Waals surface area (Å²) in [6.45, 7) is 4.67. The van der Waals surface area contributed by atoms with Crippen LogP contribution in [0.4, 0.5) is 5.69 Å². The van der Waals surface area contributed by atoms with Gasteiger partial charge in [-0.15, -0.1) is 0 Å². The summed E-state index contributed by atoms with van der Waals surface area (Å²) in [7, 11) is 3.69.